The lowest BCUT2D eigenvalue weighted by molar-refractivity contribution is 0.0527. The van der Waals surface area contributed by atoms with Gasteiger partial charge in [0.1, 0.15) is 10.8 Å². The van der Waals surface area contributed by atoms with Crippen molar-refractivity contribution in [2.45, 2.75) is 19.1 Å². The van der Waals surface area contributed by atoms with E-state index in [0.717, 1.165) is 17.4 Å². The van der Waals surface area contributed by atoms with Crippen LogP contribution in [-0.2, 0) is 26.7 Å². The minimum Gasteiger partial charge on any atom is -0.462 e. The van der Waals surface area contributed by atoms with Crippen molar-refractivity contribution in [2.75, 3.05) is 17.7 Å². The second-order valence-corrected chi connectivity index (χ2v) is 10.1. The lowest BCUT2D eigenvalue weighted by Crippen LogP contribution is -2.20. The second kappa shape index (κ2) is 7.69. The molecule has 0 fully saturated rings. The molecule has 0 atom stereocenters. The van der Waals surface area contributed by atoms with Crippen molar-refractivity contribution in [3.8, 4) is 0 Å². The molecule has 1 aliphatic heterocycles. The van der Waals surface area contributed by atoms with E-state index in [1.54, 1.807) is 6.92 Å². The van der Waals surface area contributed by atoms with Gasteiger partial charge in [0.05, 0.1) is 29.2 Å². The number of rotatable bonds is 4. The Morgan fingerprint density at radius 1 is 1.37 bits per heavy atom. The van der Waals surface area contributed by atoms with Crippen LogP contribution in [0.1, 0.15) is 38.1 Å². The molecule has 2 heterocycles. The normalized spacial score (nSPS) is 15.1. The summed E-state index contributed by atoms with van der Waals surface area (Å²) < 4.78 is 43.4. The van der Waals surface area contributed by atoms with Crippen LogP contribution in [0.2, 0.25) is 0 Å². The van der Waals surface area contributed by atoms with Crippen molar-refractivity contribution >= 4 is 54.0 Å². The topological polar surface area (TPSA) is 89.5 Å². The van der Waals surface area contributed by atoms with Crippen molar-refractivity contribution < 1.29 is 27.1 Å². The molecule has 1 amide bonds. The molecule has 0 radical (unpaired) electrons. The van der Waals surface area contributed by atoms with E-state index in [1.807, 2.05) is 0 Å². The summed E-state index contributed by atoms with van der Waals surface area (Å²) >= 11 is 4.19. The van der Waals surface area contributed by atoms with E-state index < -0.39 is 27.5 Å². The molecular formula is C17H15BrFNO5S2. The van der Waals surface area contributed by atoms with E-state index >= 15 is 0 Å². The van der Waals surface area contributed by atoms with Gasteiger partial charge >= 0.3 is 5.97 Å². The molecule has 2 aromatic rings. The van der Waals surface area contributed by atoms with Gasteiger partial charge in [-0.05, 0) is 37.1 Å². The van der Waals surface area contributed by atoms with Crippen molar-refractivity contribution in [2.24, 2.45) is 0 Å². The van der Waals surface area contributed by atoms with E-state index in [-0.39, 0.29) is 40.7 Å². The highest BCUT2D eigenvalue weighted by Crippen LogP contribution is 2.38. The lowest BCUT2D eigenvalue weighted by atomic mass is 10.1. The zero-order valence-corrected chi connectivity index (χ0v) is 17.4. The van der Waals surface area contributed by atoms with Crippen LogP contribution in [0.5, 0.6) is 0 Å². The first-order valence-electron chi connectivity index (χ1n) is 8.00. The number of nitrogens with one attached hydrogen (secondary N) is 1. The van der Waals surface area contributed by atoms with E-state index in [4.69, 9.17) is 4.74 Å². The molecule has 0 spiro atoms. The molecule has 1 aromatic heterocycles. The molecule has 27 heavy (non-hydrogen) atoms. The number of esters is 1. The summed E-state index contributed by atoms with van der Waals surface area (Å²) in [5.41, 5.74) is 0.520. The maximum absolute atomic E-state index is 14.0. The van der Waals surface area contributed by atoms with Crippen molar-refractivity contribution in [1.29, 1.82) is 0 Å². The first kappa shape index (κ1) is 20.0. The molecular weight excluding hydrogens is 461 g/mol. The third kappa shape index (κ3) is 4.22. The third-order valence-electron chi connectivity index (χ3n) is 3.98. The fraction of sp³-hybridized carbons (Fsp3) is 0.294. The summed E-state index contributed by atoms with van der Waals surface area (Å²) in [6.45, 7) is 1.78. The van der Waals surface area contributed by atoms with Gasteiger partial charge in [0.15, 0.2) is 9.84 Å². The Bertz CT molecular complexity index is 1030. The highest BCUT2D eigenvalue weighted by molar-refractivity contribution is 9.10. The molecule has 144 valence electrons. The second-order valence-electron chi connectivity index (χ2n) is 5.85. The van der Waals surface area contributed by atoms with E-state index in [0.29, 0.717) is 14.9 Å². The van der Waals surface area contributed by atoms with Crippen LogP contribution in [0.25, 0.3) is 0 Å². The highest BCUT2D eigenvalue weighted by Gasteiger charge is 2.32. The third-order valence-corrected chi connectivity index (χ3v) is 7.36. The summed E-state index contributed by atoms with van der Waals surface area (Å²) in [5.74, 6) is -2.35. The van der Waals surface area contributed by atoms with Gasteiger partial charge in [0, 0.05) is 9.35 Å². The first-order valence-corrected chi connectivity index (χ1v) is 11.4. The van der Waals surface area contributed by atoms with Crippen LogP contribution in [0.4, 0.5) is 9.39 Å². The Morgan fingerprint density at radius 2 is 2.11 bits per heavy atom. The molecule has 10 heteroatoms. The largest absolute Gasteiger partial charge is 0.462 e. The monoisotopic (exact) mass is 475 g/mol. The molecule has 6 nitrogen and oxygen atoms in total. The summed E-state index contributed by atoms with van der Waals surface area (Å²) in [6.07, 6.45) is 0.170. The number of sulfone groups is 1. The van der Waals surface area contributed by atoms with Crippen LogP contribution in [0.3, 0.4) is 0 Å². The molecule has 0 saturated carbocycles. The zero-order chi connectivity index (χ0) is 19.8. The van der Waals surface area contributed by atoms with Gasteiger partial charge in [-0.1, -0.05) is 15.9 Å². The minimum absolute atomic E-state index is 0.0726. The van der Waals surface area contributed by atoms with Crippen molar-refractivity contribution in [3.63, 3.8) is 0 Å². The molecule has 0 saturated heterocycles. The smallest absolute Gasteiger partial charge is 0.341 e. The van der Waals surface area contributed by atoms with Gasteiger partial charge < -0.3 is 10.1 Å². The zero-order valence-electron chi connectivity index (χ0n) is 14.2. The summed E-state index contributed by atoms with van der Waals surface area (Å²) in [4.78, 5) is 25.4. The molecule has 1 aromatic carbocycles. The number of hydrogen-bond donors (Lipinski definition) is 1. The van der Waals surface area contributed by atoms with Gasteiger partial charge in [0.25, 0.3) is 5.91 Å². The van der Waals surface area contributed by atoms with Crippen LogP contribution >= 0.6 is 27.3 Å². The molecule has 0 bridgehead atoms. The van der Waals surface area contributed by atoms with Gasteiger partial charge in [-0.15, -0.1) is 11.3 Å². The Morgan fingerprint density at radius 3 is 2.81 bits per heavy atom. The van der Waals surface area contributed by atoms with Crippen LogP contribution in [-0.4, -0.2) is 32.7 Å². The number of carbonyl (C=O) groups excluding carboxylic acids is 2. The summed E-state index contributed by atoms with van der Waals surface area (Å²) in [5, 5.41) is 2.71. The molecule has 1 aliphatic rings. The molecule has 0 unspecified atom stereocenters. The molecule has 3 rings (SSSR count). The van der Waals surface area contributed by atoms with Gasteiger partial charge in [0.2, 0.25) is 0 Å². The van der Waals surface area contributed by atoms with Crippen molar-refractivity contribution in [3.05, 3.63) is 50.1 Å². The number of thiophene rings is 1. The van der Waals surface area contributed by atoms with Crippen LogP contribution in [0, 0.1) is 5.82 Å². The highest BCUT2D eigenvalue weighted by atomic mass is 79.9. The minimum atomic E-state index is -3.25. The first-order chi connectivity index (χ1) is 12.7. The van der Waals surface area contributed by atoms with Gasteiger partial charge in [-0.2, -0.15) is 0 Å². The number of ether oxygens (including phenoxy) is 1. The molecule has 1 N–H and O–H groups in total. The standard InChI is InChI=1S/C17H15BrFNO5S2/c1-2-25-17(22)14-10-5-6-27(23,24)8-13(10)26-16(14)20-15(21)11-7-9(18)3-4-12(11)19/h3-4,7H,2,5-6,8H2,1H3,(H,20,21). The fourth-order valence-corrected chi connectivity index (χ4v) is 6.17. The van der Waals surface area contributed by atoms with E-state index in [9.17, 15) is 22.4 Å². The van der Waals surface area contributed by atoms with Crippen LogP contribution < -0.4 is 5.32 Å². The lowest BCUT2D eigenvalue weighted by Gasteiger charge is -2.13. The number of amides is 1. The Kier molecular flexibility index (Phi) is 5.68. The van der Waals surface area contributed by atoms with E-state index in [2.05, 4.69) is 21.2 Å². The quantitative estimate of drug-likeness (QED) is 0.682. The SMILES string of the molecule is CCOC(=O)c1c(NC(=O)c2cc(Br)ccc2F)sc2c1CCS(=O)(=O)C2. The number of halogens is 2. The Hall–Kier alpha value is -1.78. The van der Waals surface area contributed by atoms with Gasteiger partial charge in [-0.25, -0.2) is 17.6 Å². The summed E-state index contributed by atoms with van der Waals surface area (Å²) in [7, 11) is -3.25. The number of hydrogen-bond acceptors (Lipinski definition) is 6. The van der Waals surface area contributed by atoms with E-state index in [1.165, 1.54) is 12.1 Å². The number of fused-ring (bicyclic) bond motifs is 1. The predicted octanol–water partition coefficient (Wildman–Crippen LogP) is 3.55. The molecule has 0 aliphatic carbocycles. The summed E-state index contributed by atoms with van der Waals surface area (Å²) in [6, 6.07) is 3.94. The Labute approximate surface area is 167 Å². The maximum Gasteiger partial charge on any atom is 0.341 e. The van der Waals surface area contributed by atoms with Crippen molar-refractivity contribution in [1.82, 2.24) is 0 Å². The Balaban J connectivity index is 2.01. The average Bonchev–Trinajstić information content (AvgIpc) is 2.92. The maximum atomic E-state index is 14.0. The number of carbonyl (C=O) groups is 2. The van der Waals surface area contributed by atoms with Crippen LogP contribution in [0.15, 0.2) is 22.7 Å². The number of anilines is 1. The average molecular weight is 476 g/mol. The predicted molar refractivity (Wildman–Crippen MR) is 104 cm³/mol. The number of benzene rings is 1. The van der Waals surface area contributed by atoms with Gasteiger partial charge in [-0.3, -0.25) is 4.79 Å². The fourth-order valence-electron chi connectivity index (χ4n) is 2.77.